The summed E-state index contributed by atoms with van der Waals surface area (Å²) in [7, 11) is 1.56. The number of hydrogen-bond acceptors (Lipinski definition) is 6. The standard InChI is InChI=1S/C22H21NO6/c1-27-17-9-7-15(8-10-17)20-18(12-19(24)29-20)21(25)23-16(13-28-22(23)26)11-14-5-3-2-4-6-14/h2-10,16,18,20H,11-13H2,1H3/t16-,18-,20+/m0/s1. The Morgan fingerprint density at radius 2 is 1.83 bits per heavy atom. The van der Waals surface area contributed by atoms with Crippen LogP contribution in [0.25, 0.3) is 0 Å². The number of cyclic esters (lactones) is 2. The Morgan fingerprint density at radius 3 is 2.52 bits per heavy atom. The zero-order valence-corrected chi connectivity index (χ0v) is 15.9. The van der Waals surface area contributed by atoms with Gasteiger partial charge in [0, 0.05) is 0 Å². The van der Waals surface area contributed by atoms with Gasteiger partial charge in [-0.05, 0) is 29.7 Å². The molecule has 3 atom stereocenters. The van der Waals surface area contributed by atoms with E-state index in [1.54, 1.807) is 31.4 Å². The van der Waals surface area contributed by atoms with E-state index in [0.717, 1.165) is 10.5 Å². The molecule has 0 aromatic heterocycles. The SMILES string of the molecule is COc1ccc([C@H]2OC(=O)C[C@@H]2C(=O)N2C(=O)OC[C@@H]2Cc2ccccc2)cc1. The average molecular weight is 395 g/mol. The van der Waals surface area contributed by atoms with Crippen LogP contribution in [0.2, 0.25) is 0 Å². The number of nitrogens with zero attached hydrogens (tertiary/aromatic N) is 1. The van der Waals surface area contributed by atoms with Crippen LogP contribution in [0.15, 0.2) is 54.6 Å². The molecule has 29 heavy (non-hydrogen) atoms. The van der Waals surface area contributed by atoms with Crippen LogP contribution in [0.5, 0.6) is 5.75 Å². The molecule has 7 nitrogen and oxygen atoms in total. The van der Waals surface area contributed by atoms with Crippen molar-refractivity contribution in [3.8, 4) is 5.75 Å². The summed E-state index contributed by atoms with van der Waals surface area (Å²) in [6.45, 7) is 0.133. The third-order valence-corrected chi connectivity index (χ3v) is 5.28. The lowest BCUT2D eigenvalue weighted by Gasteiger charge is -2.25. The highest BCUT2D eigenvalue weighted by Gasteiger charge is 2.48. The molecule has 2 aromatic carbocycles. The first-order valence-electron chi connectivity index (χ1n) is 9.44. The van der Waals surface area contributed by atoms with Gasteiger partial charge in [0.25, 0.3) is 0 Å². The molecule has 7 heteroatoms. The van der Waals surface area contributed by atoms with E-state index in [1.165, 1.54) is 0 Å². The maximum absolute atomic E-state index is 13.3. The van der Waals surface area contributed by atoms with E-state index in [4.69, 9.17) is 14.2 Å². The van der Waals surface area contributed by atoms with Crippen molar-refractivity contribution in [3.05, 3.63) is 65.7 Å². The van der Waals surface area contributed by atoms with Crippen molar-refractivity contribution >= 4 is 18.0 Å². The first kappa shape index (κ1) is 19.0. The average Bonchev–Trinajstić information content (AvgIpc) is 3.31. The lowest BCUT2D eigenvalue weighted by molar-refractivity contribution is -0.142. The second-order valence-electron chi connectivity index (χ2n) is 7.12. The van der Waals surface area contributed by atoms with Gasteiger partial charge in [-0.1, -0.05) is 42.5 Å². The number of methoxy groups -OCH3 is 1. The van der Waals surface area contributed by atoms with E-state index in [-0.39, 0.29) is 13.0 Å². The first-order chi connectivity index (χ1) is 14.1. The van der Waals surface area contributed by atoms with Gasteiger partial charge in [0.05, 0.1) is 25.5 Å². The van der Waals surface area contributed by atoms with Crippen LogP contribution in [-0.2, 0) is 25.5 Å². The van der Waals surface area contributed by atoms with Crippen molar-refractivity contribution in [1.29, 1.82) is 0 Å². The van der Waals surface area contributed by atoms with Crippen LogP contribution in [0.3, 0.4) is 0 Å². The molecule has 2 aliphatic heterocycles. The molecule has 2 aliphatic rings. The number of esters is 1. The molecule has 2 amide bonds. The van der Waals surface area contributed by atoms with Crippen LogP contribution in [0, 0.1) is 5.92 Å². The lowest BCUT2D eigenvalue weighted by atomic mass is 9.93. The summed E-state index contributed by atoms with van der Waals surface area (Å²) in [5.41, 5.74) is 1.68. The quantitative estimate of drug-likeness (QED) is 0.724. The molecule has 0 bridgehead atoms. The number of hydrogen-bond donors (Lipinski definition) is 0. The van der Waals surface area contributed by atoms with Crippen LogP contribution >= 0.6 is 0 Å². The fourth-order valence-electron chi connectivity index (χ4n) is 3.81. The summed E-state index contributed by atoms with van der Waals surface area (Å²) < 4.78 is 15.7. The zero-order valence-electron chi connectivity index (χ0n) is 15.9. The number of carbonyl (C=O) groups excluding carboxylic acids is 3. The number of ether oxygens (including phenoxy) is 3. The second-order valence-corrected chi connectivity index (χ2v) is 7.12. The zero-order chi connectivity index (χ0) is 20.4. The number of benzene rings is 2. The second kappa shape index (κ2) is 7.95. The maximum atomic E-state index is 13.3. The van der Waals surface area contributed by atoms with Gasteiger partial charge >= 0.3 is 12.1 Å². The molecule has 2 fully saturated rings. The molecule has 2 heterocycles. The van der Waals surface area contributed by atoms with Crippen molar-refractivity contribution in [2.45, 2.75) is 25.0 Å². The van der Waals surface area contributed by atoms with E-state index in [2.05, 4.69) is 0 Å². The smallest absolute Gasteiger partial charge is 0.416 e. The van der Waals surface area contributed by atoms with Crippen molar-refractivity contribution in [2.24, 2.45) is 5.92 Å². The molecule has 2 aromatic rings. The summed E-state index contributed by atoms with van der Waals surface area (Å²) in [5.74, 6) is -1.02. The largest absolute Gasteiger partial charge is 0.497 e. The molecule has 0 spiro atoms. The molecule has 2 saturated heterocycles. The Kier molecular flexibility index (Phi) is 5.20. The van der Waals surface area contributed by atoms with Gasteiger partial charge in [-0.15, -0.1) is 0 Å². The molecule has 0 unspecified atom stereocenters. The van der Waals surface area contributed by atoms with Gasteiger partial charge in [-0.2, -0.15) is 0 Å². The Labute approximate surface area is 168 Å². The van der Waals surface area contributed by atoms with Crippen molar-refractivity contribution in [1.82, 2.24) is 4.90 Å². The maximum Gasteiger partial charge on any atom is 0.416 e. The van der Waals surface area contributed by atoms with Gasteiger partial charge in [-0.25, -0.2) is 9.69 Å². The first-order valence-corrected chi connectivity index (χ1v) is 9.44. The highest BCUT2D eigenvalue weighted by atomic mass is 16.6. The van der Waals surface area contributed by atoms with E-state index in [9.17, 15) is 14.4 Å². The molecule has 0 saturated carbocycles. The number of amides is 2. The Bertz CT molecular complexity index is 911. The normalized spacial score (nSPS) is 23.6. The van der Waals surface area contributed by atoms with Crippen LogP contribution < -0.4 is 4.74 Å². The Balaban J connectivity index is 1.56. The topological polar surface area (TPSA) is 82.1 Å². The summed E-state index contributed by atoms with van der Waals surface area (Å²) in [4.78, 5) is 38.7. The summed E-state index contributed by atoms with van der Waals surface area (Å²) in [6, 6.07) is 16.2. The van der Waals surface area contributed by atoms with Gasteiger partial charge in [0.15, 0.2) is 0 Å². The van der Waals surface area contributed by atoms with E-state index in [0.29, 0.717) is 17.7 Å². The molecular weight excluding hydrogens is 374 g/mol. The monoisotopic (exact) mass is 395 g/mol. The lowest BCUT2D eigenvalue weighted by Crippen LogP contribution is -2.44. The number of carbonyl (C=O) groups is 3. The van der Waals surface area contributed by atoms with E-state index >= 15 is 0 Å². The molecule has 4 rings (SSSR count). The summed E-state index contributed by atoms with van der Waals surface area (Å²) >= 11 is 0. The van der Waals surface area contributed by atoms with Gasteiger partial charge in [0.2, 0.25) is 5.91 Å². The number of rotatable bonds is 5. The van der Waals surface area contributed by atoms with Crippen LogP contribution in [-0.4, -0.2) is 42.6 Å². The predicted octanol–water partition coefficient (Wildman–Crippen LogP) is 2.89. The minimum absolute atomic E-state index is 0.0721. The Hall–Kier alpha value is -3.35. The fourth-order valence-corrected chi connectivity index (χ4v) is 3.81. The Morgan fingerprint density at radius 1 is 1.10 bits per heavy atom. The van der Waals surface area contributed by atoms with Gasteiger partial charge < -0.3 is 14.2 Å². The van der Waals surface area contributed by atoms with Crippen molar-refractivity contribution in [3.63, 3.8) is 0 Å². The third-order valence-electron chi connectivity index (χ3n) is 5.28. The fraction of sp³-hybridized carbons (Fsp3) is 0.318. The van der Waals surface area contributed by atoms with Gasteiger partial charge in [0.1, 0.15) is 18.5 Å². The molecule has 0 N–H and O–H groups in total. The highest BCUT2D eigenvalue weighted by Crippen LogP contribution is 2.38. The molecule has 0 radical (unpaired) electrons. The molecule has 150 valence electrons. The van der Waals surface area contributed by atoms with Crippen molar-refractivity contribution < 1.29 is 28.6 Å². The predicted molar refractivity (Wildman–Crippen MR) is 102 cm³/mol. The molecular formula is C22H21NO6. The highest BCUT2D eigenvalue weighted by molar-refractivity contribution is 5.97. The van der Waals surface area contributed by atoms with Gasteiger partial charge in [-0.3, -0.25) is 9.59 Å². The minimum Gasteiger partial charge on any atom is -0.497 e. The summed E-state index contributed by atoms with van der Waals surface area (Å²) in [5, 5.41) is 0. The molecule has 0 aliphatic carbocycles. The third kappa shape index (κ3) is 3.81. The van der Waals surface area contributed by atoms with Crippen LogP contribution in [0.1, 0.15) is 23.7 Å². The van der Waals surface area contributed by atoms with E-state index in [1.807, 2.05) is 30.3 Å². The van der Waals surface area contributed by atoms with Crippen LogP contribution in [0.4, 0.5) is 4.79 Å². The van der Waals surface area contributed by atoms with E-state index < -0.39 is 36.0 Å². The minimum atomic E-state index is -0.778. The summed E-state index contributed by atoms with van der Waals surface area (Å²) in [6.07, 6.45) is -1.000. The van der Waals surface area contributed by atoms with Crippen molar-refractivity contribution in [2.75, 3.05) is 13.7 Å². The number of imide groups is 1.